The van der Waals surface area contributed by atoms with E-state index in [4.69, 9.17) is 10.2 Å². The van der Waals surface area contributed by atoms with Gasteiger partial charge in [-0.3, -0.25) is 14.6 Å². The molecule has 2 amide bonds. The standard InChI is InChI=1S/C28H21F6N5O3/c29-27(30,31)20-11-17(21-4-3-16(13-36-21)25(41)39-26(7-8-26)28(32,33)34)9-18-10-19(42-24(18)20)14-38-23(40)6-2-15-1-5-22(35)37-12-15/h1-6,9-13H,7-8,14H2,(H2,35,37)(H,38,40)(H,39,41)/b6-2+. The molecule has 3 heterocycles. The van der Waals surface area contributed by atoms with E-state index in [9.17, 15) is 35.9 Å². The van der Waals surface area contributed by atoms with Crippen LogP contribution in [-0.4, -0.2) is 33.5 Å². The van der Waals surface area contributed by atoms with Crippen LogP contribution in [-0.2, 0) is 17.5 Å². The smallest absolute Gasteiger partial charge is 0.420 e. The number of pyridine rings is 2. The Morgan fingerprint density at radius 1 is 1.00 bits per heavy atom. The molecule has 0 unspecified atom stereocenters. The number of carbonyl (C=O) groups is 2. The minimum Gasteiger partial charge on any atom is -0.459 e. The second-order valence-corrected chi connectivity index (χ2v) is 9.69. The molecule has 14 heteroatoms. The normalized spacial score (nSPS) is 14.7. The summed E-state index contributed by atoms with van der Waals surface area (Å²) in [5, 5.41) is 4.58. The molecule has 1 aromatic carbocycles. The molecule has 0 bridgehead atoms. The van der Waals surface area contributed by atoms with Gasteiger partial charge < -0.3 is 20.8 Å². The van der Waals surface area contributed by atoms with E-state index in [2.05, 4.69) is 15.3 Å². The van der Waals surface area contributed by atoms with Crippen LogP contribution in [0, 0.1) is 0 Å². The minimum atomic E-state index is -4.81. The number of fused-ring (bicyclic) bond motifs is 1. The fourth-order valence-corrected chi connectivity index (χ4v) is 4.17. The Bertz CT molecular complexity index is 1670. The van der Waals surface area contributed by atoms with Crippen LogP contribution in [0.3, 0.4) is 0 Å². The Labute approximate surface area is 233 Å². The molecule has 218 valence electrons. The largest absolute Gasteiger partial charge is 0.459 e. The van der Waals surface area contributed by atoms with Crippen molar-refractivity contribution in [1.29, 1.82) is 0 Å². The summed E-state index contributed by atoms with van der Waals surface area (Å²) >= 11 is 0. The Kier molecular flexibility index (Phi) is 7.16. The molecule has 0 atom stereocenters. The Morgan fingerprint density at radius 2 is 1.76 bits per heavy atom. The molecule has 4 N–H and O–H groups in total. The number of nitrogens with one attached hydrogen (secondary N) is 2. The molecule has 1 aliphatic rings. The summed E-state index contributed by atoms with van der Waals surface area (Å²) in [5.74, 6) is -1.14. The maximum absolute atomic E-state index is 13.9. The third-order valence-corrected chi connectivity index (χ3v) is 6.61. The van der Waals surface area contributed by atoms with E-state index < -0.39 is 40.9 Å². The number of alkyl halides is 6. The van der Waals surface area contributed by atoms with Gasteiger partial charge in [0.05, 0.1) is 23.4 Å². The molecule has 1 saturated carbocycles. The third kappa shape index (κ3) is 6.06. The van der Waals surface area contributed by atoms with Gasteiger partial charge in [0.15, 0.2) is 0 Å². The zero-order chi connectivity index (χ0) is 30.3. The van der Waals surface area contributed by atoms with E-state index in [1.807, 2.05) is 5.32 Å². The van der Waals surface area contributed by atoms with Crippen LogP contribution < -0.4 is 16.4 Å². The molecule has 0 saturated heterocycles. The van der Waals surface area contributed by atoms with E-state index in [0.29, 0.717) is 11.4 Å². The van der Waals surface area contributed by atoms with Crippen molar-refractivity contribution in [3.05, 3.63) is 83.4 Å². The first-order chi connectivity index (χ1) is 19.7. The SMILES string of the molecule is Nc1ccc(/C=C/C(=O)NCc2cc3cc(-c4ccc(C(=O)NC5(C(F)(F)F)CC5)cn4)cc(C(F)(F)F)c3o2)cn1. The lowest BCUT2D eigenvalue weighted by atomic mass is 10.0. The molecule has 4 aromatic rings. The van der Waals surface area contributed by atoms with Crippen molar-refractivity contribution >= 4 is 34.7 Å². The van der Waals surface area contributed by atoms with Gasteiger partial charge in [0.2, 0.25) is 5.91 Å². The van der Waals surface area contributed by atoms with Crippen LogP contribution in [0.25, 0.3) is 28.3 Å². The Morgan fingerprint density at radius 3 is 2.36 bits per heavy atom. The lowest BCUT2D eigenvalue weighted by Gasteiger charge is -2.20. The summed E-state index contributed by atoms with van der Waals surface area (Å²) in [6.45, 7) is -0.202. The van der Waals surface area contributed by atoms with Gasteiger partial charge in [-0.2, -0.15) is 26.3 Å². The average Bonchev–Trinajstić information content (AvgIpc) is 3.61. The van der Waals surface area contributed by atoms with Crippen molar-refractivity contribution in [3.63, 3.8) is 0 Å². The van der Waals surface area contributed by atoms with Gasteiger partial charge in [-0.05, 0) is 66.9 Å². The van der Waals surface area contributed by atoms with E-state index >= 15 is 0 Å². The number of aromatic nitrogens is 2. The number of nitrogens with two attached hydrogens (primary N) is 1. The molecule has 1 aliphatic carbocycles. The van der Waals surface area contributed by atoms with Gasteiger partial charge in [-0.25, -0.2) is 4.98 Å². The van der Waals surface area contributed by atoms with Gasteiger partial charge in [0.25, 0.3) is 5.91 Å². The van der Waals surface area contributed by atoms with Gasteiger partial charge in [-0.15, -0.1) is 0 Å². The Balaban J connectivity index is 1.34. The van der Waals surface area contributed by atoms with Gasteiger partial charge in [0.1, 0.15) is 22.7 Å². The number of carbonyl (C=O) groups excluding carboxylic acids is 2. The summed E-state index contributed by atoms with van der Waals surface area (Å²) in [7, 11) is 0. The van der Waals surface area contributed by atoms with Crippen LogP contribution in [0.15, 0.2) is 65.4 Å². The summed E-state index contributed by atoms with van der Waals surface area (Å²) in [6.07, 6.45) is -4.71. The van der Waals surface area contributed by atoms with Crippen molar-refractivity contribution in [3.8, 4) is 11.3 Å². The van der Waals surface area contributed by atoms with Crippen LogP contribution >= 0.6 is 0 Å². The maximum atomic E-state index is 13.9. The van der Waals surface area contributed by atoms with Crippen molar-refractivity contribution in [2.75, 3.05) is 5.73 Å². The lowest BCUT2D eigenvalue weighted by Crippen LogP contribution is -2.47. The third-order valence-electron chi connectivity index (χ3n) is 6.61. The predicted octanol–water partition coefficient (Wildman–Crippen LogP) is 5.65. The minimum absolute atomic E-state index is 0.0344. The van der Waals surface area contributed by atoms with Crippen molar-refractivity contribution in [2.24, 2.45) is 0 Å². The maximum Gasteiger partial charge on any atom is 0.420 e. The highest BCUT2D eigenvalue weighted by molar-refractivity contribution is 5.95. The average molecular weight is 589 g/mol. The molecule has 0 aliphatic heterocycles. The molecular weight excluding hydrogens is 568 g/mol. The van der Waals surface area contributed by atoms with Crippen LogP contribution in [0.1, 0.15) is 40.1 Å². The summed E-state index contributed by atoms with van der Waals surface area (Å²) in [6, 6.07) is 9.19. The first-order valence-corrected chi connectivity index (χ1v) is 12.4. The molecular formula is C28H21F6N5O3. The highest BCUT2D eigenvalue weighted by Crippen LogP contribution is 2.49. The molecule has 3 aromatic heterocycles. The number of nitrogens with zero attached hydrogens (tertiary/aromatic N) is 2. The Hall–Kier alpha value is -4.88. The highest BCUT2D eigenvalue weighted by atomic mass is 19.4. The van der Waals surface area contributed by atoms with Crippen LogP contribution in [0.5, 0.6) is 0 Å². The number of amides is 2. The molecule has 42 heavy (non-hydrogen) atoms. The number of hydrogen-bond donors (Lipinski definition) is 3. The van der Waals surface area contributed by atoms with Crippen molar-refractivity contribution in [2.45, 2.75) is 37.3 Å². The zero-order valence-electron chi connectivity index (χ0n) is 21.4. The number of nitrogen functional groups attached to an aromatic ring is 1. The zero-order valence-corrected chi connectivity index (χ0v) is 21.4. The van der Waals surface area contributed by atoms with Gasteiger partial charge in [0, 0.05) is 29.4 Å². The molecule has 0 spiro atoms. The second kappa shape index (κ2) is 10.5. The fraction of sp³-hybridized carbons (Fsp3) is 0.214. The van der Waals surface area contributed by atoms with E-state index in [-0.39, 0.29) is 47.4 Å². The predicted molar refractivity (Wildman–Crippen MR) is 139 cm³/mol. The summed E-state index contributed by atoms with van der Waals surface area (Å²) in [4.78, 5) is 32.4. The highest BCUT2D eigenvalue weighted by Gasteiger charge is 2.64. The number of rotatable bonds is 7. The first-order valence-electron chi connectivity index (χ1n) is 12.4. The van der Waals surface area contributed by atoms with Crippen LogP contribution in [0.4, 0.5) is 32.2 Å². The first kappa shape index (κ1) is 28.6. The molecule has 0 radical (unpaired) electrons. The topological polar surface area (TPSA) is 123 Å². The van der Waals surface area contributed by atoms with E-state index in [1.54, 1.807) is 12.1 Å². The number of benzene rings is 1. The van der Waals surface area contributed by atoms with Crippen molar-refractivity contribution < 1.29 is 40.3 Å². The monoisotopic (exact) mass is 589 g/mol. The summed E-state index contributed by atoms with van der Waals surface area (Å²) < 4.78 is 86.7. The molecule has 8 nitrogen and oxygen atoms in total. The van der Waals surface area contributed by atoms with E-state index in [0.717, 1.165) is 12.3 Å². The second-order valence-electron chi connectivity index (χ2n) is 9.69. The lowest BCUT2D eigenvalue weighted by molar-refractivity contribution is -0.163. The number of anilines is 1. The number of halogens is 6. The molecule has 5 rings (SSSR count). The summed E-state index contributed by atoms with van der Waals surface area (Å²) in [5.41, 5.74) is 2.23. The molecule has 1 fully saturated rings. The fourth-order valence-electron chi connectivity index (χ4n) is 4.17. The van der Waals surface area contributed by atoms with Gasteiger partial charge >= 0.3 is 12.4 Å². The number of furan rings is 1. The van der Waals surface area contributed by atoms with Crippen molar-refractivity contribution in [1.82, 2.24) is 20.6 Å². The van der Waals surface area contributed by atoms with Crippen LogP contribution in [0.2, 0.25) is 0 Å². The quantitative estimate of drug-likeness (QED) is 0.189. The number of hydrogen-bond acceptors (Lipinski definition) is 6. The van der Waals surface area contributed by atoms with Gasteiger partial charge in [-0.1, -0.05) is 0 Å². The van der Waals surface area contributed by atoms with E-state index in [1.165, 1.54) is 42.6 Å².